The van der Waals surface area contributed by atoms with E-state index in [0.29, 0.717) is 17.1 Å². The third-order valence-corrected chi connectivity index (χ3v) is 5.30. The van der Waals surface area contributed by atoms with Gasteiger partial charge in [0.1, 0.15) is 11.8 Å². The third kappa shape index (κ3) is 6.96. The van der Waals surface area contributed by atoms with Crippen LogP contribution in [0.4, 0.5) is 5.69 Å². The summed E-state index contributed by atoms with van der Waals surface area (Å²) in [4.78, 5) is 47.7. The van der Waals surface area contributed by atoms with E-state index in [1.165, 1.54) is 31.0 Å². The molecule has 0 aliphatic heterocycles. The van der Waals surface area contributed by atoms with Gasteiger partial charge in [0.25, 0.3) is 11.6 Å². The Hall–Kier alpha value is -3.11. The fourth-order valence-electron chi connectivity index (χ4n) is 2.64. The van der Waals surface area contributed by atoms with E-state index in [0.717, 1.165) is 12.1 Å². The zero-order valence-electron chi connectivity index (χ0n) is 17.3. The Labute approximate surface area is 193 Å². The Morgan fingerprint density at radius 1 is 1.22 bits per heavy atom. The average Bonchev–Trinajstić information content (AvgIpc) is 2.79. The minimum absolute atomic E-state index is 0.0216. The summed E-state index contributed by atoms with van der Waals surface area (Å²) >= 11 is 7.45. The summed E-state index contributed by atoms with van der Waals surface area (Å²) in [6.45, 7) is -0.504. The van der Waals surface area contributed by atoms with Gasteiger partial charge in [-0.1, -0.05) is 23.7 Å². The SMILES string of the molecule is COc1cccc(C(=O)COC(=O)C(CCSC)NC(=O)c2ccc([N+](=O)[O-])cc2Cl)c1. The lowest BCUT2D eigenvalue weighted by Crippen LogP contribution is -2.42. The molecule has 0 fully saturated rings. The molecule has 0 saturated carbocycles. The predicted molar refractivity (Wildman–Crippen MR) is 121 cm³/mol. The number of rotatable bonds is 11. The van der Waals surface area contributed by atoms with E-state index in [1.807, 2.05) is 6.26 Å². The zero-order valence-corrected chi connectivity index (χ0v) is 18.9. The number of nitro benzene ring substituents is 1. The number of halogens is 1. The molecule has 1 atom stereocenters. The normalized spacial score (nSPS) is 11.3. The number of hydrogen-bond acceptors (Lipinski definition) is 8. The number of Topliss-reactive ketones (excluding diaryl/α,β-unsaturated/α-hetero) is 1. The van der Waals surface area contributed by atoms with Crippen LogP contribution >= 0.6 is 23.4 Å². The van der Waals surface area contributed by atoms with Crippen LogP contribution in [-0.4, -0.2) is 54.4 Å². The maximum Gasteiger partial charge on any atom is 0.329 e. The second kappa shape index (κ2) is 12.1. The van der Waals surface area contributed by atoms with Gasteiger partial charge in [-0.2, -0.15) is 11.8 Å². The summed E-state index contributed by atoms with van der Waals surface area (Å²) in [5, 5.41) is 13.2. The van der Waals surface area contributed by atoms with Crippen LogP contribution in [0.25, 0.3) is 0 Å². The van der Waals surface area contributed by atoms with Crippen molar-refractivity contribution in [2.24, 2.45) is 0 Å². The molecule has 0 aliphatic carbocycles. The number of amides is 1. The number of non-ortho nitro benzene ring substituents is 1. The molecular formula is C21H21ClN2O7S. The zero-order chi connectivity index (χ0) is 23.7. The maximum absolute atomic E-state index is 12.6. The lowest BCUT2D eigenvalue weighted by atomic mass is 10.1. The molecule has 0 aromatic heterocycles. The number of benzene rings is 2. The van der Waals surface area contributed by atoms with Crippen molar-refractivity contribution < 1.29 is 28.8 Å². The van der Waals surface area contributed by atoms with Crippen LogP contribution in [0.1, 0.15) is 27.1 Å². The van der Waals surface area contributed by atoms with Crippen molar-refractivity contribution in [1.29, 1.82) is 0 Å². The number of nitrogens with one attached hydrogen (secondary N) is 1. The summed E-state index contributed by atoms with van der Waals surface area (Å²) < 4.78 is 10.2. The van der Waals surface area contributed by atoms with Gasteiger partial charge in [-0.25, -0.2) is 4.79 Å². The molecule has 2 aromatic carbocycles. The first-order valence-corrected chi connectivity index (χ1v) is 11.1. The van der Waals surface area contributed by atoms with Crippen LogP contribution in [0.2, 0.25) is 5.02 Å². The number of esters is 1. The first-order chi connectivity index (χ1) is 15.3. The van der Waals surface area contributed by atoms with Gasteiger partial charge in [0, 0.05) is 17.7 Å². The molecule has 170 valence electrons. The minimum atomic E-state index is -1.03. The van der Waals surface area contributed by atoms with Crippen molar-refractivity contribution in [1.82, 2.24) is 5.32 Å². The summed E-state index contributed by atoms with van der Waals surface area (Å²) in [7, 11) is 1.47. The highest BCUT2D eigenvalue weighted by Crippen LogP contribution is 2.22. The number of methoxy groups -OCH3 is 1. The van der Waals surface area contributed by atoms with Crippen molar-refractivity contribution in [3.8, 4) is 5.75 Å². The number of thioether (sulfide) groups is 1. The van der Waals surface area contributed by atoms with Gasteiger partial charge in [0.15, 0.2) is 12.4 Å². The molecular weight excluding hydrogens is 460 g/mol. The van der Waals surface area contributed by atoms with E-state index in [2.05, 4.69) is 5.32 Å². The third-order valence-electron chi connectivity index (χ3n) is 4.35. The number of nitrogens with zero attached hydrogens (tertiary/aromatic N) is 1. The Morgan fingerprint density at radius 2 is 1.97 bits per heavy atom. The molecule has 0 radical (unpaired) electrons. The van der Waals surface area contributed by atoms with E-state index < -0.39 is 35.2 Å². The molecule has 32 heavy (non-hydrogen) atoms. The van der Waals surface area contributed by atoms with Gasteiger partial charge in [0.2, 0.25) is 0 Å². The van der Waals surface area contributed by atoms with Gasteiger partial charge >= 0.3 is 5.97 Å². The van der Waals surface area contributed by atoms with Gasteiger partial charge in [-0.15, -0.1) is 0 Å². The van der Waals surface area contributed by atoms with Crippen molar-refractivity contribution in [3.63, 3.8) is 0 Å². The summed E-state index contributed by atoms with van der Waals surface area (Å²) in [6.07, 6.45) is 2.09. The van der Waals surface area contributed by atoms with Crippen LogP contribution in [0.3, 0.4) is 0 Å². The lowest BCUT2D eigenvalue weighted by molar-refractivity contribution is -0.384. The minimum Gasteiger partial charge on any atom is -0.497 e. The molecule has 0 saturated heterocycles. The van der Waals surface area contributed by atoms with Crippen LogP contribution in [0, 0.1) is 10.1 Å². The Kier molecular flexibility index (Phi) is 9.48. The number of carbonyl (C=O) groups excluding carboxylic acids is 3. The Morgan fingerprint density at radius 3 is 2.59 bits per heavy atom. The van der Waals surface area contributed by atoms with Crippen LogP contribution < -0.4 is 10.1 Å². The van der Waals surface area contributed by atoms with E-state index >= 15 is 0 Å². The first kappa shape index (κ1) is 25.2. The predicted octanol–water partition coefficient (Wildman–Crippen LogP) is 3.53. The number of ketones is 1. The van der Waals surface area contributed by atoms with Crippen molar-refractivity contribution in [2.75, 3.05) is 25.7 Å². The average molecular weight is 481 g/mol. The second-order valence-electron chi connectivity index (χ2n) is 6.49. The second-order valence-corrected chi connectivity index (χ2v) is 7.88. The molecule has 0 bridgehead atoms. The van der Waals surface area contributed by atoms with Gasteiger partial charge in [-0.3, -0.25) is 19.7 Å². The van der Waals surface area contributed by atoms with Crippen LogP contribution in [-0.2, 0) is 9.53 Å². The molecule has 11 heteroatoms. The number of ether oxygens (including phenoxy) is 2. The fourth-order valence-corrected chi connectivity index (χ4v) is 3.37. The monoisotopic (exact) mass is 480 g/mol. The van der Waals surface area contributed by atoms with Gasteiger partial charge in [-0.05, 0) is 36.6 Å². The maximum atomic E-state index is 12.6. The number of carbonyl (C=O) groups is 3. The standard InChI is InChI=1S/C21H21ClN2O7S/c1-30-15-5-3-4-13(10-15)19(25)12-31-21(27)18(8-9-32-2)23-20(26)16-7-6-14(24(28)29)11-17(16)22/h3-7,10-11,18H,8-9,12H2,1-2H3,(H,23,26). The smallest absolute Gasteiger partial charge is 0.329 e. The summed E-state index contributed by atoms with van der Waals surface area (Å²) in [6, 6.07) is 8.80. The number of hydrogen-bond donors (Lipinski definition) is 1. The lowest BCUT2D eigenvalue weighted by Gasteiger charge is -2.17. The Bertz CT molecular complexity index is 1020. The topological polar surface area (TPSA) is 125 Å². The van der Waals surface area contributed by atoms with Crippen LogP contribution in [0.5, 0.6) is 5.75 Å². The highest BCUT2D eigenvalue weighted by atomic mass is 35.5. The quantitative estimate of drug-likeness (QED) is 0.224. The van der Waals surface area contributed by atoms with Crippen molar-refractivity contribution >= 4 is 46.7 Å². The molecule has 1 amide bonds. The highest BCUT2D eigenvalue weighted by molar-refractivity contribution is 7.98. The molecule has 9 nitrogen and oxygen atoms in total. The van der Waals surface area contributed by atoms with Gasteiger partial charge < -0.3 is 14.8 Å². The molecule has 2 aromatic rings. The Balaban J connectivity index is 2.06. The molecule has 0 aliphatic rings. The molecule has 0 spiro atoms. The first-order valence-electron chi connectivity index (χ1n) is 9.34. The van der Waals surface area contributed by atoms with Gasteiger partial charge in [0.05, 0.1) is 22.6 Å². The van der Waals surface area contributed by atoms with Crippen molar-refractivity contribution in [3.05, 3.63) is 68.7 Å². The van der Waals surface area contributed by atoms with E-state index in [4.69, 9.17) is 21.1 Å². The molecule has 1 unspecified atom stereocenters. The molecule has 2 rings (SSSR count). The summed E-state index contributed by atoms with van der Waals surface area (Å²) in [5.41, 5.74) is 0.0344. The van der Waals surface area contributed by atoms with E-state index in [1.54, 1.807) is 18.2 Å². The van der Waals surface area contributed by atoms with Crippen molar-refractivity contribution in [2.45, 2.75) is 12.5 Å². The summed E-state index contributed by atoms with van der Waals surface area (Å²) in [5.74, 6) is -0.857. The molecule has 1 N–H and O–H groups in total. The highest BCUT2D eigenvalue weighted by Gasteiger charge is 2.25. The number of nitro groups is 1. The fraction of sp³-hybridized carbons (Fsp3) is 0.286. The van der Waals surface area contributed by atoms with Crippen LogP contribution in [0.15, 0.2) is 42.5 Å². The largest absolute Gasteiger partial charge is 0.497 e. The molecule has 0 heterocycles. The van der Waals surface area contributed by atoms with E-state index in [-0.39, 0.29) is 22.7 Å². The van der Waals surface area contributed by atoms with E-state index in [9.17, 15) is 24.5 Å².